The summed E-state index contributed by atoms with van der Waals surface area (Å²) >= 11 is 0. The number of benzene rings is 1. The fourth-order valence-corrected chi connectivity index (χ4v) is 4.51. The number of fused-ring (bicyclic) bond motifs is 1. The zero-order chi connectivity index (χ0) is 18.6. The first kappa shape index (κ1) is 18.4. The van der Waals surface area contributed by atoms with E-state index >= 15 is 0 Å². The van der Waals surface area contributed by atoms with Crippen LogP contribution in [-0.2, 0) is 25.5 Å². The van der Waals surface area contributed by atoms with E-state index in [1.165, 1.54) is 5.56 Å². The molecule has 1 saturated carbocycles. The number of nitrogens with one attached hydrogen (secondary N) is 1. The number of carbonyl (C=O) groups is 2. The van der Waals surface area contributed by atoms with Gasteiger partial charge in [-0.1, -0.05) is 31.0 Å². The van der Waals surface area contributed by atoms with E-state index in [2.05, 4.69) is 11.4 Å². The van der Waals surface area contributed by atoms with Gasteiger partial charge in [0.15, 0.2) is 0 Å². The number of hydrogen-bond donors (Lipinski definition) is 1. The van der Waals surface area contributed by atoms with Gasteiger partial charge in [0, 0.05) is 24.7 Å². The first-order valence-electron chi connectivity index (χ1n) is 10.1. The topological polar surface area (TPSA) is 67.9 Å². The third kappa shape index (κ3) is 4.01. The molecule has 2 heterocycles. The van der Waals surface area contributed by atoms with Crippen molar-refractivity contribution < 1.29 is 19.1 Å². The zero-order valence-corrected chi connectivity index (χ0v) is 15.7. The molecule has 3 atom stereocenters. The quantitative estimate of drug-likeness (QED) is 0.877. The Morgan fingerprint density at radius 2 is 1.93 bits per heavy atom. The summed E-state index contributed by atoms with van der Waals surface area (Å²) in [4.78, 5) is 28.0. The molecule has 0 unspecified atom stereocenters. The summed E-state index contributed by atoms with van der Waals surface area (Å²) in [5, 5.41) is 3.00. The molecular weight excluding hydrogens is 344 g/mol. The summed E-state index contributed by atoms with van der Waals surface area (Å²) in [6.45, 7) is 2.86. The van der Waals surface area contributed by atoms with Crippen LogP contribution in [0.2, 0.25) is 0 Å². The Kier molecular flexibility index (Phi) is 5.74. The molecule has 0 bridgehead atoms. The summed E-state index contributed by atoms with van der Waals surface area (Å²) in [6.07, 6.45) is 4.38. The number of para-hydroxylation sites is 1. The monoisotopic (exact) mass is 372 g/mol. The normalized spacial score (nSPS) is 27.9. The fourth-order valence-electron chi connectivity index (χ4n) is 4.51. The van der Waals surface area contributed by atoms with Crippen LogP contribution in [-0.4, -0.2) is 50.8 Å². The molecule has 6 heteroatoms. The Morgan fingerprint density at radius 1 is 1.11 bits per heavy atom. The smallest absolute Gasteiger partial charge is 0.230 e. The summed E-state index contributed by atoms with van der Waals surface area (Å²) < 4.78 is 11.0. The predicted octanol–water partition coefficient (Wildman–Crippen LogP) is 1.91. The minimum Gasteiger partial charge on any atom is -0.376 e. The van der Waals surface area contributed by atoms with Crippen molar-refractivity contribution in [2.45, 2.75) is 38.2 Å². The molecule has 6 nitrogen and oxygen atoms in total. The van der Waals surface area contributed by atoms with Crippen LogP contribution in [0.4, 0.5) is 5.69 Å². The summed E-state index contributed by atoms with van der Waals surface area (Å²) in [6, 6.07) is 8.08. The Balaban J connectivity index is 1.41. The molecule has 1 N–H and O–H groups in total. The van der Waals surface area contributed by atoms with Crippen molar-refractivity contribution in [3.8, 4) is 0 Å². The number of ether oxygens (including phenoxy) is 2. The van der Waals surface area contributed by atoms with E-state index in [1.54, 1.807) is 0 Å². The second kappa shape index (κ2) is 8.40. The first-order valence-corrected chi connectivity index (χ1v) is 10.1. The molecule has 0 aromatic heterocycles. The minimum absolute atomic E-state index is 0.0188. The van der Waals surface area contributed by atoms with Crippen LogP contribution < -0.4 is 10.2 Å². The van der Waals surface area contributed by atoms with Crippen LogP contribution in [0.15, 0.2) is 24.3 Å². The molecule has 1 aromatic rings. The summed E-state index contributed by atoms with van der Waals surface area (Å²) in [7, 11) is 0. The van der Waals surface area contributed by atoms with Crippen LogP contribution in [0.3, 0.4) is 0 Å². The lowest BCUT2D eigenvalue weighted by Crippen LogP contribution is -2.47. The molecule has 27 heavy (non-hydrogen) atoms. The van der Waals surface area contributed by atoms with Gasteiger partial charge in [0.25, 0.3) is 0 Å². The molecule has 2 aliphatic heterocycles. The number of rotatable bonds is 4. The third-order valence-electron chi connectivity index (χ3n) is 5.96. The van der Waals surface area contributed by atoms with E-state index in [9.17, 15) is 9.59 Å². The molecule has 0 spiro atoms. The van der Waals surface area contributed by atoms with Gasteiger partial charge in [0.1, 0.15) is 0 Å². The van der Waals surface area contributed by atoms with E-state index in [-0.39, 0.29) is 29.8 Å². The van der Waals surface area contributed by atoms with Crippen LogP contribution in [0.25, 0.3) is 0 Å². The van der Waals surface area contributed by atoms with Crippen molar-refractivity contribution in [1.29, 1.82) is 0 Å². The van der Waals surface area contributed by atoms with Gasteiger partial charge in [-0.25, -0.2) is 0 Å². The number of carbonyl (C=O) groups excluding carboxylic acids is 2. The highest BCUT2D eigenvalue weighted by atomic mass is 16.6. The highest BCUT2D eigenvalue weighted by Crippen LogP contribution is 2.35. The van der Waals surface area contributed by atoms with E-state index in [0.717, 1.165) is 44.3 Å². The Labute approximate surface area is 160 Å². The van der Waals surface area contributed by atoms with Gasteiger partial charge in [-0.05, 0) is 30.9 Å². The molecule has 1 saturated heterocycles. The van der Waals surface area contributed by atoms with Crippen LogP contribution in [0.1, 0.15) is 31.2 Å². The number of hydrogen-bond acceptors (Lipinski definition) is 4. The van der Waals surface area contributed by atoms with Crippen molar-refractivity contribution in [3.05, 3.63) is 29.8 Å². The van der Waals surface area contributed by atoms with Gasteiger partial charge in [-0.3, -0.25) is 9.59 Å². The van der Waals surface area contributed by atoms with Gasteiger partial charge in [-0.2, -0.15) is 0 Å². The van der Waals surface area contributed by atoms with E-state index in [1.807, 2.05) is 23.1 Å². The van der Waals surface area contributed by atoms with Gasteiger partial charge in [0.2, 0.25) is 11.8 Å². The maximum absolute atomic E-state index is 13.3. The lowest BCUT2D eigenvalue weighted by molar-refractivity contribution is -0.136. The Morgan fingerprint density at radius 3 is 2.74 bits per heavy atom. The van der Waals surface area contributed by atoms with Gasteiger partial charge in [0.05, 0.1) is 31.8 Å². The predicted molar refractivity (Wildman–Crippen MR) is 102 cm³/mol. The molecule has 0 radical (unpaired) electrons. The second-order valence-corrected chi connectivity index (χ2v) is 7.68. The van der Waals surface area contributed by atoms with E-state index < -0.39 is 0 Å². The van der Waals surface area contributed by atoms with Crippen LogP contribution in [0, 0.1) is 11.8 Å². The second-order valence-electron chi connectivity index (χ2n) is 7.68. The largest absolute Gasteiger partial charge is 0.376 e. The zero-order valence-electron chi connectivity index (χ0n) is 15.7. The van der Waals surface area contributed by atoms with Crippen LogP contribution in [0.5, 0.6) is 0 Å². The van der Waals surface area contributed by atoms with Crippen molar-refractivity contribution in [3.63, 3.8) is 0 Å². The van der Waals surface area contributed by atoms with Crippen molar-refractivity contribution in [2.24, 2.45) is 11.8 Å². The fraction of sp³-hybridized carbons (Fsp3) is 0.619. The molecular formula is C21H28N2O4. The van der Waals surface area contributed by atoms with E-state index in [4.69, 9.17) is 9.47 Å². The highest BCUT2D eigenvalue weighted by Gasteiger charge is 2.39. The SMILES string of the molecule is O=C(NC[C@@H]1COCCO1)[C@H]1CCCC[C@H]1C(=O)N1CCc2ccccc21. The molecule has 1 aromatic carbocycles. The minimum atomic E-state index is -0.247. The molecule has 3 aliphatic rings. The number of anilines is 1. The standard InChI is InChI=1S/C21H28N2O4/c24-20(22-13-16-14-26-11-12-27-16)17-6-2-3-7-18(17)21(25)23-10-9-15-5-1-4-8-19(15)23/h1,4-5,8,16-18H,2-3,6-7,9-14H2,(H,22,24)/t16-,17+,18-/m1/s1. The molecule has 2 fully saturated rings. The Hall–Kier alpha value is -1.92. The van der Waals surface area contributed by atoms with Crippen molar-refractivity contribution in [2.75, 3.05) is 37.8 Å². The highest BCUT2D eigenvalue weighted by molar-refractivity contribution is 5.99. The maximum Gasteiger partial charge on any atom is 0.230 e. The van der Waals surface area contributed by atoms with Crippen molar-refractivity contribution in [1.82, 2.24) is 5.32 Å². The van der Waals surface area contributed by atoms with Gasteiger partial charge in [-0.15, -0.1) is 0 Å². The number of nitrogens with zero attached hydrogens (tertiary/aromatic N) is 1. The van der Waals surface area contributed by atoms with Gasteiger partial charge >= 0.3 is 0 Å². The molecule has 1 aliphatic carbocycles. The first-order chi connectivity index (χ1) is 13.2. The summed E-state index contributed by atoms with van der Waals surface area (Å²) in [5.41, 5.74) is 2.23. The molecule has 146 valence electrons. The lowest BCUT2D eigenvalue weighted by atomic mass is 9.77. The average molecular weight is 372 g/mol. The van der Waals surface area contributed by atoms with E-state index in [0.29, 0.717) is 26.4 Å². The maximum atomic E-state index is 13.3. The summed E-state index contributed by atoms with van der Waals surface area (Å²) in [5.74, 6) is -0.385. The van der Waals surface area contributed by atoms with Crippen LogP contribution >= 0.6 is 0 Å². The average Bonchev–Trinajstić information content (AvgIpc) is 3.16. The molecule has 4 rings (SSSR count). The Bertz CT molecular complexity index is 687. The molecule has 2 amide bonds. The van der Waals surface area contributed by atoms with Gasteiger partial charge < -0.3 is 19.7 Å². The third-order valence-corrected chi connectivity index (χ3v) is 5.96. The lowest BCUT2D eigenvalue weighted by Gasteiger charge is -2.33. The number of amides is 2. The van der Waals surface area contributed by atoms with Crippen molar-refractivity contribution >= 4 is 17.5 Å².